The van der Waals surface area contributed by atoms with Crippen molar-refractivity contribution in [1.82, 2.24) is 9.71 Å². The minimum Gasteiger partial charge on any atom is -0.474 e. The molecule has 0 amide bonds. The van der Waals surface area contributed by atoms with Crippen LogP contribution in [0, 0.1) is 0 Å². The van der Waals surface area contributed by atoms with Crippen molar-refractivity contribution in [2.45, 2.75) is 37.8 Å². The van der Waals surface area contributed by atoms with Gasteiger partial charge in [0.15, 0.2) is 0 Å². The molecule has 0 spiro atoms. The largest absolute Gasteiger partial charge is 0.474 e. The molecular formula is C19H22N2O3S. The first-order chi connectivity index (χ1) is 12.1. The number of hydrogen-bond donors (Lipinski definition) is 1. The SMILES string of the molecule is O=S(=O)(/C=C/c1ccccc1)NC1CCC(Oc2ccccn2)CC1. The van der Waals surface area contributed by atoms with E-state index in [1.807, 2.05) is 48.5 Å². The zero-order valence-corrected chi connectivity index (χ0v) is 14.7. The van der Waals surface area contributed by atoms with Crippen molar-refractivity contribution < 1.29 is 13.2 Å². The Bertz CT molecular complexity index is 784. The third-order valence-corrected chi connectivity index (χ3v) is 5.33. The van der Waals surface area contributed by atoms with E-state index in [9.17, 15) is 8.42 Å². The van der Waals surface area contributed by atoms with Crippen molar-refractivity contribution in [3.8, 4) is 5.88 Å². The fourth-order valence-electron chi connectivity index (χ4n) is 2.89. The molecule has 1 aliphatic carbocycles. The molecule has 0 unspecified atom stereocenters. The summed E-state index contributed by atoms with van der Waals surface area (Å²) in [6, 6.07) is 14.9. The van der Waals surface area contributed by atoms with Gasteiger partial charge in [-0.05, 0) is 43.4 Å². The molecule has 0 bridgehead atoms. The molecule has 0 aliphatic heterocycles. The standard InChI is InChI=1S/C19H22N2O3S/c22-25(23,15-13-16-6-2-1-3-7-16)21-17-9-11-18(12-10-17)24-19-8-4-5-14-20-19/h1-8,13-15,17-18,21H,9-12H2/b15-13+. The van der Waals surface area contributed by atoms with Gasteiger partial charge in [-0.25, -0.2) is 18.1 Å². The molecule has 1 fully saturated rings. The Hall–Kier alpha value is -2.18. The first-order valence-electron chi connectivity index (χ1n) is 8.44. The fourth-order valence-corrected chi connectivity index (χ4v) is 4.01. The molecule has 2 aromatic rings. The fraction of sp³-hybridized carbons (Fsp3) is 0.316. The van der Waals surface area contributed by atoms with E-state index in [1.54, 1.807) is 12.3 Å². The Morgan fingerprint density at radius 3 is 2.40 bits per heavy atom. The van der Waals surface area contributed by atoms with Crippen molar-refractivity contribution >= 4 is 16.1 Å². The van der Waals surface area contributed by atoms with Gasteiger partial charge in [-0.1, -0.05) is 36.4 Å². The van der Waals surface area contributed by atoms with Gasteiger partial charge in [-0.3, -0.25) is 0 Å². The Labute approximate surface area is 148 Å². The normalized spacial score (nSPS) is 21.3. The van der Waals surface area contributed by atoms with E-state index in [0.717, 1.165) is 31.2 Å². The Morgan fingerprint density at radius 1 is 1.00 bits per heavy atom. The van der Waals surface area contributed by atoms with Gasteiger partial charge in [0, 0.05) is 23.7 Å². The van der Waals surface area contributed by atoms with Gasteiger partial charge in [0.1, 0.15) is 6.10 Å². The van der Waals surface area contributed by atoms with Crippen molar-refractivity contribution in [3.05, 3.63) is 65.7 Å². The van der Waals surface area contributed by atoms with E-state index in [0.29, 0.717) is 5.88 Å². The first kappa shape index (κ1) is 17.6. The van der Waals surface area contributed by atoms with E-state index in [4.69, 9.17) is 4.74 Å². The summed E-state index contributed by atoms with van der Waals surface area (Å²) in [7, 11) is -3.44. The number of nitrogens with zero attached hydrogens (tertiary/aromatic N) is 1. The number of benzene rings is 1. The zero-order chi connectivity index (χ0) is 17.5. The number of rotatable bonds is 6. The quantitative estimate of drug-likeness (QED) is 0.860. The lowest BCUT2D eigenvalue weighted by atomic mass is 9.94. The van der Waals surface area contributed by atoms with Gasteiger partial charge in [-0.2, -0.15) is 0 Å². The van der Waals surface area contributed by atoms with Crippen LogP contribution in [0.25, 0.3) is 6.08 Å². The summed E-state index contributed by atoms with van der Waals surface area (Å²) in [6.45, 7) is 0. The molecule has 1 aromatic carbocycles. The van der Waals surface area contributed by atoms with Gasteiger partial charge < -0.3 is 4.74 Å². The lowest BCUT2D eigenvalue weighted by molar-refractivity contribution is 0.138. The van der Waals surface area contributed by atoms with E-state index in [-0.39, 0.29) is 12.1 Å². The Morgan fingerprint density at radius 2 is 1.72 bits per heavy atom. The van der Waals surface area contributed by atoms with Crippen LogP contribution < -0.4 is 9.46 Å². The van der Waals surface area contributed by atoms with Crippen LogP contribution in [-0.2, 0) is 10.0 Å². The summed E-state index contributed by atoms with van der Waals surface area (Å²) in [4.78, 5) is 4.16. The molecule has 3 rings (SSSR count). The molecule has 1 aliphatic rings. The predicted octanol–water partition coefficient (Wildman–Crippen LogP) is 3.36. The van der Waals surface area contributed by atoms with Crippen LogP contribution >= 0.6 is 0 Å². The number of pyridine rings is 1. The average molecular weight is 358 g/mol. The maximum atomic E-state index is 12.2. The monoisotopic (exact) mass is 358 g/mol. The van der Waals surface area contributed by atoms with Crippen LogP contribution in [0.1, 0.15) is 31.2 Å². The van der Waals surface area contributed by atoms with Gasteiger partial charge >= 0.3 is 0 Å². The molecule has 1 N–H and O–H groups in total. The minimum absolute atomic E-state index is 0.0472. The van der Waals surface area contributed by atoms with Gasteiger partial charge in [0.2, 0.25) is 15.9 Å². The summed E-state index contributed by atoms with van der Waals surface area (Å²) in [5.74, 6) is 0.623. The molecule has 5 nitrogen and oxygen atoms in total. The number of sulfonamides is 1. The van der Waals surface area contributed by atoms with Crippen LogP contribution in [0.2, 0.25) is 0 Å². The topological polar surface area (TPSA) is 68.3 Å². The first-order valence-corrected chi connectivity index (χ1v) is 9.98. The van der Waals surface area contributed by atoms with Crippen LogP contribution in [-0.4, -0.2) is 25.5 Å². The lowest BCUT2D eigenvalue weighted by Gasteiger charge is -2.28. The Kier molecular flexibility index (Phi) is 5.83. The minimum atomic E-state index is -3.44. The second-order valence-corrected chi connectivity index (χ2v) is 7.73. The van der Waals surface area contributed by atoms with Crippen molar-refractivity contribution in [3.63, 3.8) is 0 Å². The van der Waals surface area contributed by atoms with Crippen LogP contribution in [0.4, 0.5) is 0 Å². The van der Waals surface area contributed by atoms with Crippen LogP contribution in [0.15, 0.2) is 60.1 Å². The highest BCUT2D eigenvalue weighted by Crippen LogP contribution is 2.23. The molecule has 6 heteroatoms. The highest BCUT2D eigenvalue weighted by molar-refractivity contribution is 7.92. The predicted molar refractivity (Wildman–Crippen MR) is 98.4 cm³/mol. The van der Waals surface area contributed by atoms with Crippen molar-refractivity contribution in [2.75, 3.05) is 0 Å². The summed E-state index contributed by atoms with van der Waals surface area (Å²) in [6.07, 6.45) is 6.55. The summed E-state index contributed by atoms with van der Waals surface area (Å²) < 4.78 is 33.0. The molecule has 0 saturated heterocycles. The molecule has 25 heavy (non-hydrogen) atoms. The number of ether oxygens (including phenoxy) is 1. The number of nitrogens with one attached hydrogen (secondary N) is 1. The summed E-state index contributed by atoms with van der Waals surface area (Å²) in [5, 5.41) is 1.23. The van der Waals surface area contributed by atoms with Gasteiger partial charge in [0.25, 0.3) is 0 Å². The van der Waals surface area contributed by atoms with E-state index < -0.39 is 10.0 Å². The number of aromatic nitrogens is 1. The number of hydrogen-bond acceptors (Lipinski definition) is 4. The van der Waals surface area contributed by atoms with Gasteiger partial charge in [-0.15, -0.1) is 0 Å². The Balaban J connectivity index is 1.49. The third-order valence-electron chi connectivity index (χ3n) is 4.17. The molecule has 1 saturated carbocycles. The molecule has 1 aromatic heterocycles. The second-order valence-electron chi connectivity index (χ2n) is 6.14. The molecular weight excluding hydrogens is 336 g/mol. The van der Waals surface area contributed by atoms with Crippen LogP contribution in [0.5, 0.6) is 5.88 Å². The highest BCUT2D eigenvalue weighted by Gasteiger charge is 2.25. The second kappa shape index (κ2) is 8.27. The summed E-state index contributed by atoms with van der Waals surface area (Å²) >= 11 is 0. The zero-order valence-electron chi connectivity index (χ0n) is 13.9. The lowest BCUT2D eigenvalue weighted by Crippen LogP contribution is -2.38. The average Bonchev–Trinajstić information content (AvgIpc) is 2.63. The molecule has 132 valence electrons. The highest BCUT2D eigenvalue weighted by atomic mass is 32.2. The van der Waals surface area contributed by atoms with E-state index in [2.05, 4.69) is 9.71 Å². The van der Waals surface area contributed by atoms with Gasteiger partial charge in [0.05, 0.1) is 0 Å². The maximum absolute atomic E-state index is 12.2. The van der Waals surface area contributed by atoms with E-state index in [1.165, 1.54) is 5.41 Å². The molecule has 0 atom stereocenters. The molecule has 0 radical (unpaired) electrons. The maximum Gasteiger partial charge on any atom is 0.233 e. The third kappa shape index (κ3) is 5.69. The van der Waals surface area contributed by atoms with Crippen molar-refractivity contribution in [1.29, 1.82) is 0 Å². The molecule has 1 heterocycles. The summed E-state index contributed by atoms with van der Waals surface area (Å²) in [5.41, 5.74) is 0.861. The smallest absolute Gasteiger partial charge is 0.233 e. The van der Waals surface area contributed by atoms with E-state index >= 15 is 0 Å². The van der Waals surface area contributed by atoms with Crippen molar-refractivity contribution in [2.24, 2.45) is 0 Å². The van der Waals surface area contributed by atoms with Crippen LogP contribution in [0.3, 0.4) is 0 Å².